The summed E-state index contributed by atoms with van der Waals surface area (Å²) in [7, 11) is 0. The van der Waals surface area contributed by atoms with Crippen molar-refractivity contribution in [3.05, 3.63) is 60.2 Å². The average molecular weight is 606 g/mol. The molecule has 8 nitrogen and oxygen atoms in total. The number of amides is 3. The second-order valence-electron chi connectivity index (χ2n) is 12.6. The van der Waals surface area contributed by atoms with Crippen LogP contribution in [0.3, 0.4) is 0 Å². The third-order valence-electron chi connectivity index (χ3n) is 10.0. The normalized spacial score (nSPS) is 30.6. The fourth-order valence-electron chi connectivity index (χ4n) is 8.14. The van der Waals surface area contributed by atoms with E-state index in [9.17, 15) is 19.5 Å². The van der Waals surface area contributed by atoms with Gasteiger partial charge in [-0.1, -0.05) is 56.5 Å². The maximum atomic E-state index is 14.6. The van der Waals surface area contributed by atoms with Crippen molar-refractivity contribution in [3.8, 4) is 5.75 Å². The number of rotatable bonds is 10. The highest BCUT2D eigenvalue weighted by Gasteiger charge is 2.76. The van der Waals surface area contributed by atoms with Crippen LogP contribution in [0.4, 0.5) is 5.69 Å². The molecule has 3 N–H and O–H groups in total. The van der Waals surface area contributed by atoms with E-state index >= 15 is 0 Å². The second kappa shape index (κ2) is 12.5. The van der Waals surface area contributed by atoms with Crippen molar-refractivity contribution in [1.82, 2.24) is 10.2 Å². The molecule has 6 rings (SSSR count). The van der Waals surface area contributed by atoms with Gasteiger partial charge >= 0.3 is 0 Å². The van der Waals surface area contributed by atoms with Crippen LogP contribution in [0, 0.1) is 17.8 Å². The summed E-state index contributed by atoms with van der Waals surface area (Å²) in [4.78, 5) is 44.6. The third-order valence-corrected chi connectivity index (χ3v) is 12.1. The predicted molar refractivity (Wildman–Crippen MR) is 168 cm³/mol. The number of benzene rings is 2. The average Bonchev–Trinajstić information content (AvgIpc) is 3.61. The number of ether oxygens (including phenoxy) is 1. The number of nitrogens with one attached hydrogen (secondary N) is 2. The molecular formula is C34H43N3O5S. The van der Waals surface area contributed by atoms with E-state index < -0.39 is 28.7 Å². The minimum Gasteiger partial charge on any atom is -0.494 e. The van der Waals surface area contributed by atoms with Gasteiger partial charge in [-0.3, -0.25) is 14.4 Å². The summed E-state index contributed by atoms with van der Waals surface area (Å²) in [6.45, 7) is 4.35. The molecule has 3 aliphatic heterocycles. The van der Waals surface area contributed by atoms with Crippen LogP contribution in [0.2, 0.25) is 0 Å². The maximum Gasteiger partial charge on any atom is 0.244 e. The van der Waals surface area contributed by atoms with E-state index in [1.165, 1.54) is 6.42 Å². The Hall–Kier alpha value is -3.04. The molecule has 2 bridgehead atoms. The molecule has 3 saturated heterocycles. The molecule has 230 valence electrons. The van der Waals surface area contributed by atoms with Crippen molar-refractivity contribution in [2.45, 2.75) is 86.9 Å². The van der Waals surface area contributed by atoms with Gasteiger partial charge in [0.05, 0.1) is 35.8 Å². The van der Waals surface area contributed by atoms with Crippen molar-refractivity contribution < 1.29 is 24.2 Å². The first-order chi connectivity index (χ1) is 20.9. The Balaban J connectivity index is 1.33. The smallest absolute Gasteiger partial charge is 0.244 e. The van der Waals surface area contributed by atoms with Crippen LogP contribution in [-0.4, -0.2) is 69.1 Å². The summed E-state index contributed by atoms with van der Waals surface area (Å²) in [6.07, 6.45) is 6.42. The standard InChI is InChI=1S/C34H43N3O5S/c1-3-42-26-16-14-24(15-17-26)35-31(39)28-27-18-21(2)34(43-27)29(28)33(41)37(25(20-38)19-22-10-6-4-7-11-22)30(34)32(40)36-23-12-8-5-9-13-23/h4,6-7,10-11,14-17,21,23,25,27-30,38H,3,5,8-9,12-13,18-20H2,1-2H3,(H,35,39)(H,36,40)/t21?,25-,27-,28+,29+,30?,34?/m1/s1. The van der Waals surface area contributed by atoms with Crippen LogP contribution in [-0.2, 0) is 20.8 Å². The molecule has 43 heavy (non-hydrogen) atoms. The van der Waals surface area contributed by atoms with Crippen molar-refractivity contribution in [1.29, 1.82) is 0 Å². The second-order valence-corrected chi connectivity index (χ2v) is 14.2. The van der Waals surface area contributed by atoms with E-state index in [1.807, 2.05) is 61.5 Å². The van der Waals surface area contributed by atoms with Gasteiger partial charge in [-0.2, -0.15) is 0 Å². The van der Waals surface area contributed by atoms with Gasteiger partial charge in [-0.05, 0) is 68.4 Å². The minimum absolute atomic E-state index is 0.0551. The Morgan fingerprint density at radius 1 is 1.07 bits per heavy atom. The van der Waals surface area contributed by atoms with Crippen molar-refractivity contribution >= 4 is 35.2 Å². The van der Waals surface area contributed by atoms with Gasteiger partial charge in [0, 0.05) is 17.0 Å². The highest BCUT2D eigenvalue weighted by atomic mass is 32.2. The largest absolute Gasteiger partial charge is 0.494 e. The minimum atomic E-state index is -0.749. The first-order valence-corrected chi connectivity index (χ1v) is 16.7. The molecule has 1 spiro atoms. The number of anilines is 1. The number of hydrogen-bond donors (Lipinski definition) is 3. The molecular weight excluding hydrogens is 562 g/mol. The zero-order chi connectivity index (χ0) is 30.1. The molecule has 2 aromatic carbocycles. The number of hydrogen-bond acceptors (Lipinski definition) is 6. The van der Waals surface area contributed by atoms with Gasteiger partial charge in [0.2, 0.25) is 17.7 Å². The van der Waals surface area contributed by atoms with E-state index in [2.05, 4.69) is 17.6 Å². The summed E-state index contributed by atoms with van der Waals surface area (Å²) in [5.41, 5.74) is 1.64. The molecule has 9 heteroatoms. The van der Waals surface area contributed by atoms with Gasteiger partial charge in [0.25, 0.3) is 0 Å². The number of nitrogens with zero attached hydrogens (tertiary/aromatic N) is 1. The van der Waals surface area contributed by atoms with Gasteiger partial charge in [0.15, 0.2) is 0 Å². The van der Waals surface area contributed by atoms with Crippen molar-refractivity contribution in [3.63, 3.8) is 0 Å². The topological polar surface area (TPSA) is 108 Å². The van der Waals surface area contributed by atoms with Gasteiger partial charge in [-0.25, -0.2) is 0 Å². The number of carbonyl (C=O) groups excluding carboxylic acids is 3. The van der Waals surface area contributed by atoms with Crippen LogP contribution >= 0.6 is 11.8 Å². The van der Waals surface area contributed by atoms with Crippen LogP contribution in [0.15, 0.2) is 54.6 Å². The maximum absolute atomic E-state index is 14.6. The molecule has 3 unspecified atom stereocenters. The van der Waals surface area contributed by atoms with E-state index in [0.29, 0.717) is 18.7 Å². The van der Waals surface area contributed by atoms with E-state index in [1.54, 1.807) is 16.7 Å². The lowest BCUT2D eigenvalue weighted by Gasteiger charge is -2.41. The van der Waals surface area contributed by atoms with Crippen molar-refractivity contribution in [2.24, 2.45) is 17.8 Å². The van der Waals surface area contributed by atoms with Crippen LogP contribution in [0.25, 0.3) is 0 Å². The molecule has 7 atom stereocenters. The lowest BCUT2D eigenvalue weighted by Crippen LogP contribution is -2.60. The van der Waals surface area contributed by atoms with E-state index in [-0.39, 0.29) is 41.5 Å². The molecule has 4 fully saturated rings. The highest BCUT2D eigenvalue weighted by Crippen LogP contribution is 2.69. The fourth-order valence-corrected chi connectivity index (χ4v) is 10.6. The zero-order valence-electron chi connectivity index (χ0n) is 25.0. The number of carbonyl (C=O) groups is 3. The third kappa shape index (κ3) is 5.43. The van der Waals surface area contributed by atoms with E-state index in [0.717, 1.165) is 43.4 Å². The fraction of sp³-hybridized carbons (Fsp3) is 0.559. The van der Waals surface area contributed by atoms with Gasteiger partial charge in [-0.15, -0.1) is 11.8 Å². The van der Waals surface area contributed by atoms with Gasteiger partial charge in [0.1, 0.15) is 11.8 Å². The molecule has 0 radical (unpaired) electrons. The number of aliphatic hydroxyl groups is 1. The predicted octanol–water partition coefficient (Wildman–Crippen LogP) is 4.41. The lowest BCUT2D eigenvalue weighted by atomic mass is 9.65. The molecule has 0 aromatic heterocycles. The SMILES string of the molecule is CCOc1ccc(NC(=O)[C@@H]2[C@H]3C(=O)N([C@@H](CO)Cc4ccccc4)C(C(=O)NC4CCCCC4)C34S[C@@H]2CC4C)cc1. The number of thioether (sulfide) groups is 1. The first kappa shape index (κ1) is 30.0. The van der Waals surface area contributed by atoms with E-state index in [4.69, 9.17) is 4.74 Å². The Morgan fingerprint density at radius 2 is 1.79 bits per heavy atom. The molecule has 3 heterocycles. The van der Waals surface area contributed by atoms with Gasteiger partial charge < -0.3 is 25.4 Å². The summed E-state index contributed by atoms with van der Waals surface area (Å²) in [5, 5.41) is 17.0. The van der Waals surface area contributed by atoms with Crippen LogP contribution in [0.1, 0.15) is 57.9 Å². The Kier molecular flexibility index (Phi) is 8.74. The summed E-state index contributed by atoms with van der Waals surface area (Å²) in [6, 6.07) is 15.8. The highest BCUT2D eigenvalue weighted by molar-refractivity contribution is 8.02. The zero-order valence-corrected chi connectivity index (χ0v) is 25.9. The Labute approximate surface area is 258 Å². The van der Waals surface area contributed by atoms with Crippen LogP contribution in [0.5, 0.6) is 5.75 Å². The summed E-state index contributed by atoms with van der Waals surface area (Å²) in [5.74, 6) is -0.924. The molecule has 1 saturated carbocycles. The number of fused-ring (bicyclic) bond motifs is 1. The number of likely N-dealkylation sites (tertiary alicyclic amines) is 1. The Bertz CT molecular complexity index is 1320. The van der Waals surface area contributed by atoms with Crippen molar-refractivity contribution in [2.75, 3.05) is 18.5 Å². The molecule has 1 aliphatic carbocycles. The monoisotopic (exact) mass is 605 g/mol. The summed E-state index contributed by atoms with van der Waals surface area (Å²) < 4.78 is 4.81. The summed E-state index contributed by atoms with van der Waals surface area (Å²) >= 11 is 1.67. The first-order valence-electron chi connectivity index (χ1n) is 15.9. The lowest BCUT2D eigenvalue weighted by molar-refractivity contribution is -0.142. The molecule has 3 amide bonds. The molecule has 4 aliphatic rings. The molecule has 2 aromatic rings. The number of aliphatic hydroxyl groups excluding tert-OH is 1. The van der Waals surface area contributed by atoms with Crippen LogP contribution < -0.4 is 15.4 Å². The quantitative estimate of drug-likeness (QED) is 0.370. The Morgan fingerprint density at radius 3 is 2.47 bits per heavy atom.